The summed E-state index contributed by atoms with van der Waals surface area (Å²) in [6.45, 7) is 4.77. The smallest absolute Gasteiger partial charge is 0.269 e. The van der Waals surface area contributed by atoms with Gasteiger partial charge in [-0.25, -0.2) is 0 Å². The van der Waals surface area contributed by atoms with Gasteiger partial charge in [-0.1, -0.05) is 103 Å². The quantitative estimate of drug-likeness (QED) is 0.0311. The number of nitro benzene ring substituents is 1. The molecular formula is C59H61N3O9. The molecule has 4 aliphatic rings. The van der Waals surface area contributed by atoms with Gasteiger partial charge in [-0.3, -0.25) is 14.9 Å². The summed E-state index contributed by atoms with van der Waals surface area (Å²) in [7, 11) is 0. The Morgan fingerprint density at radius 3 is 2.32 bits per heavy atom. The number of carbonyl (C=O) groups is 1. The van der Waals surface area contributed by atoms with Crippen LogP contribution in [0.2, 0.25) is 0 Å². The number of hydrogen-bond acceptors (Lipinski definition) is 10. The van der Waals surface area contributed by atoms with E-state index in [1.54, 1.807) is 18.2 Å². The maximum atomic E-state index is 15.2. The van der Waals surface area contributed by atoms with E-state index in [0.29, 0.717) is 47.9 Å². The topological polar surface area (TPSA) is 153 Å². The number of fused-ring (bicyclic) bond motifs is 4. The van der Waals surface area contributed by atoms with Crippen LogP contribution in [0.5, 0.6) is 17.2 Å². The predicted molar refractivity (Wildman–Crippen MR) is 274 cm³/mol. The zero-order chi connectivity index (χ0) is 48.9. The van der Waals surface area contributed by atoms with Crippen molar-refractivity contribution in [2.24, 2.45) is 28.8 Å². The minimum Gasteiger partial charge on any atom is -0.459 e. The fourth-order valence-corrected chi connectivity index (χ4v) is 11.5. The van der Waals surface area contributed by atoms with Crippen molar-refractivity contribution in [1.82, 2.24) is 4.90 Å². The maximum absolute atomic E-state index is 15.2. The minimum atomic E-state index is -1.43. The Kier molecular flexibility index (Phi) is 14.3. The van der Waals surface area contributed by atoms with Crippen LogP contribution in [0, 0.1) is 33.8 Å². The minimum absolute atomic E-state index is 0.0137. The van der Waals surface area contributed by atoms with Crippen LogP contribution in [0.15, 0.2) is 157 Å². The van der Waals surface area contributed by atoms with E-state index in [1.165, 1.54) is 12.1 Å². The highest BCUT2D eigenvalue weighted by Gasteiger charge is 2.66. The van der Waals surface area contributed by atoms with Gasteiger partial charge in [0.25, 0.3) is 5.69 Å². The van der Waals surface area contributed by atoms with Gasteiger partial charge in [-0.15, -0.1) is 6.58 Å². The number of rotatable bonds is 21. The average molecular weight is 956 g/mol. The van der Waals surface area contributed by atoms with Crippen LogP contribution in [0.25, 0.3) is 21.5 Å². The van der Waals surface area contributed by atoms with Crippen molar-refractivity contribution in [2.45, 2.75) is 88.7 Å². The van der Waals surface area contributed by atoms with Crippen molar-refractivity contribution in [3.63, 3.8) is 0 Å². The Bertz CT molecular complexity index is 2960. The number of carbonyl (C=O) groups excluding carboxylic acids is 1. The largest absolute Gasteiger partial charge is 0.459 e. The van der Waals surface area contributed by atoms with Crippen LogP contribution in [0.3, 0.4) is 0 Å². The van der Waals surface area contributed by atoms with Gasteiger partial charge >= 0.3 is 0 Å². The number of aliphatic hydroxyl groups excluding tert-OH is 2. The van der Waals surface area contributed by atoms with Crippen molar-refractivity contribution in [2.75, 3.05) is 19.8 Å². The first kappa shape index (κ1) is 47.8. The molecule has 0 spiro atoms. The van der Waals surface area contributed by atoms with Crippen molar-refractivity contribution < 1.29 is 39.0 Å². The van der Waals surface area contributed by atoms with Gasteiger partial charge < -0.3 is 34.2 Å². The molecule has 0 radical (unpaired) electrons. The molecule has 12 heteroatoms. The van der Waals surface area contributed by atoms with Crippen LogP contribution in [0.1, 0.15) is 80.4 Å². The summed E-state index contributed by atoms with van der Waals surface area (Å²) in [5, 5.41) is 41.0. The normalized spacial score (nSPS) is 22.8. The number of allylic oxidation sites excluding steroid dienone is 1. The molecule has 0 aromatic heterocycles. The molecule has 0 saturated heterocycles. The Hall–Kier alpha value is -6.86. The summed E-state index contributed by atoms with van der Waals surface area (Å²) in [6, 6.07) is 40.3. The summed E-state index contributed by atoms with van der Waals surface area (Å²) in [4.78, 5) is 34.6. The number of aliphatic hydroxyl groups is 2. The summed E-state index contributed by atoms with van der Waals surface area (Å²) >= 11 is 0. The highest BCUT2D eigenvalue weighted by molar-refractivity contribution is 6.03. The van der Waals surface area contributed by atoms with Crippen molar-refractivity contribution in [3.8, 4) is 17.2 Å². The second-order valence-corrected chi connectivity index (χ2v) is 19.5. The van der Waals surface area contributed by atoms with E-state index in [-0.39, 0.29) is 68.1 Å². The number of benzene rings is 6. The van der Waals surface area contributed by atoms with Crippen LogP contribution in [-0.2, 0) is 27.5 Å². The Morgan fingerprint density at radius 1 is 0.845 bits per heavy atom. The first-order chi connectivity index (χ1) is 34.8. The van der Waals surface area contributed by atoms with E-state index in [2.05, 4.69) is 61.2 Å². The third-order valence-electron chi connectivity index (χ3n) is 15.0. The summed E-state index contributed by atoms with van der Waals surface area (Å²) in [5.74, 6) is -0.262. The Labute approximate surface area is 414 Å². The standard InChI is InChI=1S/C59H61N3O9/c1-2-32-68-59-55(61(58(65)42-22-23-42)37-45-17-11-16-41-13-5-6-18-49(41)45)36-53(60-69-38-39-20-25-46(26-21-39)62(66)67)51-34-44(15-7-9-30-63)50(19-8-10-31-64)56(57(51)59)52-35-48(28-29-54(52)71-59)70-47-27-24-40-12-3-4-14-43(40)33-47/h2-6,11-14,16-18,20-21,24-29,33-35,42,44,50,55-57,63-64H,1,7-10,15,19,22-23,30-32,36-38H2/t44-,50+,55-,56+,57+,59+/m0/s1. The molecule has 6 atom stereocenters. The molecule has 2 N–H and O–H groups in total. The first-order valence-corrected chi connectivity index (χ1v) is 25.2. The van der Waals surface area contributed by atoms with Gasteiger partial charge in [-0.2, -0.15) is 0 Å². The number of unbranched alkanes of at least 4 members (excludes halogenated alkanes) is 2. The lowest BCUT2D eigenvalue weighted by Gasteiger charge is -2.60. The summed E-state index contributed by atoms with van der Waals surface area (Å²) in [6.07, 6.45) is 10.4. The van der Waals surface area contributed by atoms with E-state index >= 15 is 4.79 Å². The molecular weight excluding hydrogens is 895 g/mol. The zero-order valence-electron chi connectivity index (χ0n) is 39.9. The average Bonchev–Trinajstić information content (AvgIpc) is 4.25. The molecule has 366 valence electrons. The molecule has 2 saturated carbocycles. The van der Waals surface area contributed by atoms with Gasteiger partial charge in [0.05, 0.1) is 23.2 Å². The van der Waals surface area contributed by atoms with E-state index in [0.717, 1.165) is 76.8 Å². The second-order valence-electron chi connectivity index (χ2n) is 19.5. The molecule has 0 bridgehead atoms. The van der Waals surface area contributed by atoms with Crippen LogP contribution >= 0.6 is 0 Å². The van der Waals surface area contributed by atoms with Gasteiger partial charge in [0.2, 0.25) is 11.7 Å². The van der Waals surface area contributed by atoms with Crippen molar-refractivity contribution in [1.29, 1.82) is 0 Å². The molecule has 6 aromatic rings. The SMILES string of the molecule is C=CCO[C@@]12Oc3ccc(Oc4ccc5ccccc5c4)cc3[C@H]3[C@H](CCCCO)[C@@H](CCCCO)C=C(C(=NOCc4ccc([N+](=O)[O-])cc4)C[C@@H]1N(Cc1cccc4ccccc14)C(=O)C1CC1)[C@H]32. The highest BCUT2D eigenvalue weighted by atomic mass is 16.7. The third kappa shape index (κ3) is 9.93. The third-order valence-corrected chi connectivity index (χ3v) is 15.0. The molecule has 3 aliphatic carbocycles. The number of ether oxygens (including phenoxy) is 3. The molecule has 71 heavy (non-hydrogen) atoms. The van der Waals surface area contributed by atoms with E-state index in [9.17, 15) is 20.3 Å². The fraction of sp³-hybridized carbons (Fsp3) is 0.356. The van der Waals surface area contributed by atoms with Crippen LogP contribution in [0.4, 0.5) is 5.69 Å². The molecule has 10 rings (SSSR count). The van der Waals surface area contributed by atoms with Crippen molar-refractivity contribution >= 4 is 38.9 Å². The number of oxime groups is 1. The van der Waals surface area contributed by atoms with Gasteiger partial charge in [0.1, 0.15) is 29.9 Å². The Morgan fingerprint density at radius 2 is 1.56 bits per heavy atom. The van der Waals surface area contributed by atoms with Gasteiger partial charge in [0.15, 0.2) is 0 Å². The van der Waals surface area contributed by atoms with Crippen molar-refractivity contribution in [3.05, 3.63) is 179 Å². The molecule has 12 nitrogen and oxygen atoms in total. The summed E-state index contributed by atoms with van der Waals surface area (Å²) < 4.78 is 21.6. The summed E-state index contributed by atoms with van der Waals surface area (Å²) in [5.41, 5.74) is 4.25. The number of non-ortho nitro benzene ring substituents is 1. The van der Waals surface area contributed by atoms with E-state index in [1.807, 2.05) is 59.5 Å². The van der Waals surface area contributed by atoms with E-state index < -0.39 is 22.7 Å². The van der Waals surface area contributed by atoms with Gasteiger partial charge in [0, 0.05) is 55.7 Å². The zero-order valence-corrected chi connectivity index (χ0v) is 39.9. The molecule has 1 heterocycles. The molecule has 1 amide bonds. The molecule has 0 unspecified atom stereocenters. The first-order valence-electron chi connectivity index (χ1n) is 25.2. The fourth-order valence-electron chi connectivity index (χ4n) is 11.5. The van der Waals surface area contributed by atoms with Crippen LogP contribution < -0.4 is 9.47 Å². The molecule has 2 fully saturated rings. The lowest BCUT2D eigenvalue weighted by atomic mass is 9.55. The number of nitro groups is 1. The lowest BCUT2D eigenvalue weighted by molar-refractivity contribution is -0.384. The number of hydrogen-bond donors (Lipinski definition) is 2. The highest BCUT2D eigenvalue weighted by Crippen LogP contribution is 2.62. The lowest BCUT2D eigenvalue weighted by Crippen LogP contribution is -2.70. The number of amides is 1. The second kappa shape index (κ2) is 21.2. The van der Waals surface area contributed by atoms with Crippen LogP contribution in [-0.4, -0.2) is 63.3 Å². The Balaban J connectivity index is 1.16. The van der Waals surface area contributed by atoms with E-state index in [4.69, 9.17) is 24.2 Å². The molecule has 1 aliphatic heterocycles. The number of nitrogens with zero attached hydrogens (tertiary/aromatic N) is 3. The molecule has 6 aromatic carbocycles. The predicted octanol–water partition coefficient (Wildman–Crippen LogP) is 12.0. The maximum Gasteiger partial charge on any atom is 0.269 e. The van der Waals surface area contributed by atoms with Gasteiger partial charge in [-0.05, 0) is 131 Å². The monoisotopic (exact) mass is 955 g/mol.